The van der Waals surface area contributed by atoms with E-state index in [9.17, 15) is 8.42 Å². The van der Waals surface area contributed by atoms with Crippen LogP contribution in [0.25, 0.3) is 22.3 Å². The predicted octanol–water partition coefficient (Wildman–Crippen LogP) is 9.55. The number of nitrogens with two attached hydrogens (primary N) is 1. The summed E-state index contributed by atoms with van der Waals surface area (Å²) in [5.41, 5.74) is 13.5. The highest BCUT2D eigenvalue weighted by atomic mass is 35.7. The fourth-order valence-corrected chi connectivity index (χ4v) is 5.65. The third-order valence-corrected chi connectivity index (χ3v) is 8.94. The van der Waals surface area contributed by atoms with Crippen molar-refractivity contribution < 1.29 is 27.4 Å². The first kappa shape index (κ1) is 38.2. The van der Waals surface area contributed by atoms with Crippen LogP contribution < -0.4 is 30.0 Å². The number of nitrogens with one attached hydrogen (secondary N) is 1. The molecule has 0 aliphatic rings. The molecule has 0 spiro atoms. The fourth-order valence-electron chi connectivity index (χ4n) is 4.88. The van der Waals surface area contributed by atoms with Crippen LogP contribution in [0.5, 0.6) is 23.0 Å². The van der Waals surface area contributed by atoms with Crippen LogP contribution in [-0.4, -0.2) is 36.9 Å². The monoisotopic (exact) mass is 724 g/mol. The minimum Gasteiger partial charge on any atom is -0.493 e. The van der Waals surface area contributed by atoms with Gasteiger partial charge in [-0.25, -0.2) is 8.42 Å². The first-order valence-corrected chi connectivity index (χ1v) is 18.1. The summed E-state index contributed by atoms with van der Waals surface area (Å²) in [5.74, 6) is 2.27. The van der Waals surface area contributed by atoms with Gasteiger partial charge in [0.15, 0.2) is 23.0 Å². The molecule has 264 valence electrons. The van der Waals surface area contributed by atoms with E-state index in [4.69, 9.17) is 35.4 Å². The molecule has 0 unspecified atom stereocenters. The topological polar surface area (TPSA) is 109 Å². The zero-order chi connectivity index (χ0) is 36.6. The molecule has 0 aromatic heterocycles. The summed E-state index contributed by atoms with van der Waals surface area (Å²) in [6.45, 7) is 0.727. The molecule has 0 saturated carbocycles. The van der Waals surface area contributed by atoms with Gasteiger partial charge < -0.3 is 30.0 Å². The maximum atomic E-state index is 11.0. The van der Waals surface area contributed by atoms with Gasteiger partial charge in [-0.05, 0) is 76.3 Å². The molecule has 0 aliphatic heterocycles. The molecule has 6 aromatic rings. The number of hydrogen-bond donors (Lipinski definition) is 2. The molecule has 0 atom stereocenters. The molecule has 0 radical (unpaired) electrons. The Bertz CT molecular complexity index is 2060. The van der Waals surface area contributed by atoms with Gasteiger partial charge in [0.25, 0.3) is 9.05 Å². The third kappa shape index (κ3) is 11.5. The Hall–Kier alpha value is -5.64. The lowest BCUT2D eigenvalue weighted by Crippen LogP contribution is -2.00. The maximum absolute atomic E-state index is 11.0. The summed E-state index contributed by atoms with van der Waals surface area (Å²) in [6.07, 6.45) is 0. The quantitative estimate of drug-likeness (QED) is 0.106. The minimum atomic E-state index is -3.72. The Morgan fingerprint density at radius 2 is 0.961 bits per heavy atom. The second-order valence-corrected chi connectivity index (χ2v) is 13.5. The van der Waals surface area contributed by atoms with Crippen LogP contribution in [0.4, 0.5) is 11.4 Å². The van der Waals surface area contributed by atoms with Gasteiger partial charge in [0.2, 0.25) is 0 Å². The summed E-state index contributed by atoms with van der Waals surface area (Å²) in [7, 11) is 7.61. The van der Waals surface area contributed by atoms with Crippen molar-refractivity contribution in [3.05, 3.63) is 151 Å². The van der Waals surface area contributed by atoms with Crippen LogP contribution in [0, 0.1) is 0 Å². The summed E-state index contributed by atoms with van der Waals surface area (Å²) in [6, 6.07) is 47.1. The number of rotatable bonds is 10. The number of ether oxygens (including phenoxy) is 4. The van der Waals surface area contributed by atoms with Crippen molar-refractivity contribution in [2.45, 2.75) is 11.4 Å². The van der Waals surface area contributed by atoms with Crippen molar-refractivity contribution in [1.29, 1.82) is 0 Å². The van der Waals surface area contributed by atoms with E-state index in [0.717, 1.165) is 35.0 Å². The zero-order valence-electron chi connectivity index (χ0n) is 28.9. The molecule has 51 heavy (non-hydrogen) atoms. The van der Waals surface area contributed by atoms with Gasteiger partial charge in [-0.3, -0.25) is 0 Å². The van der Waals surface area contributed by atoms with E-state index in [2.05, 4.69) is 66.0 Å². The van der Waals surface area contributed by atoms with Crippen molar-refractivity contribution in [3.63, 3.8) is 0 Å². The fraction of sp³-hybridized carbons (Fsp3) is 0.122. The smallest absolute Gasteiger partial charge is 0.261 e. The molecule has 6 rings (SSSR count). The van der Waals surface area contributed by atoms with E-state index in [1.165, 1.54) is 54.7 Å². The zero-order valence-corrected chi connectivity index (χ0v) is 30.4. The van der Waals surface area contributed by atoms with E-state index in [1.807, 2.05) is 66.7 Å². The van der Waals surface area contributed by atoms with Crippen LogP contribution in [0.1, 0.15) is 5.56 Å². The van der Waals surface area contributed by atoms with E-state index in [1.54, 1.807) is 14.2 Å². The molecular formula is C41H41ClN2O6S. The van der Waals surface area contributed by atoms with Crippen LogP contribution in [-0.2, 0) is 15.6 Å². The van der Waals surface area contributed by atoms with Gasteiger partial charge in [0.05, 0.1) is 33.3 Å². The number of anilines is 2. The molecule has 0 fully saturated rings. The Labute approximate surface area is 304 Å². The lowest BCUT2D eigenvalue weighted by molar-refractivity contribution is 0.354. The summed E-state index contributed by atoms with van der Waals surface area (Å²) in [4.78, 5) is -0.0168. The Balaban J connectivity index is 0.000000185. The SMILES string of the molecule is COc1ccc(CNc2ccc(-c3ccccc3)cc2)cc1OC.COc1ccc(S(=O)(=O)Cl)cc1OC.Nc1ccc(-c2ccccc2)cc1. The number of benzene rings is 6. The highest BCUT2D eigenvalue weighted by molar-refractivity contribution is 8.13. The van der Waals surface area contributed by atoms with Gasteiger partial charge in [-0.15, -0.1) is 0 Å². The highest BCUT2D eigenvalue weighted by Crippen LogP contribution is 2.31. The van der Waals surface area contributed by atoms with Crippen molar-refractivity contribution in [2.75, 3.05) is 39.5 Å². The Morgan fingerprint density at radius 1 is 0.529 bits per heavy atom. The normalized spacial score (nSPS) is 10.4. The molecule has 6 aromatic carbocycles. The van der Waals surface area contributed by atoms with Crippen molar-refractivity contribution in [2.24, 2.45) is 0 Å². The number of hydrogen-bond acceptors (Lipinski definition) is 8. The second-order valence-electron chi connectivity index (χ2n) is 10.9. The first-order chi connectivity index (χ1) is 24.6. The van der Waals surface area contributed by atoms with Crippen molar-refractivity contribution in [1.82, 2.24) is 0 Å². The molecule has 0 saturated heterocycles. The van der Waals surface area contributed by atoms with Crippen molar-refractivity contribution >= 4 is 31.1 Å². The first-order valence-electron chi connectivity index (χ1n) is 15.8. The second kappa shape index (κ2) is 18.9. The lowest BCUT2D eigenvalue weighted by atomic mass is 10.1. The number of methoxy groups -OCH3 is 4. The molecule has 0 amide bonds. The van der Waals surface area contributed by atoms with E-state index in [0.29, 0.717) is 11.5 Å². The number of nitrogen functional groups attached to an aromatic ring is 1. The van der Waals surface area contributed by atoms with Gasteiger partial charge >= 0.3 is 0 Å². The maximum Gasteiger partial charge on any atom is 0.261 e. The molecule has 0 aliphatic carbocycles. The molecular weight excluding hydrogens is 684 g/mol. The molecule has 0 heterocycles. The summed E-state index contributed by atoms with van der Waals surface area (Å²) in [5, 5.41) is 3.43. The number of halogens is 1. The third-order valence-electron chi connectivity index (χ3n) is 7.59. The van der Waals surface area contributed by atoms with Crippen LogP contribution in [0.15, 0.2) is 150 Å². The summed E-state index contributed by atoms with van der Waals surface area (Å²) >= 11 is 0. The van der Waals surface area contributed by atoms with E-state index >= 15 is 0 Å². The van der Waals surface area contributed by atoms with E-state index in [-0.39, 0.29) is 4.90 Å². The average Bonchev–Trinajstić information content (AvgIpc) is 3.18. The molecule has 0 bridgehead atoms. The van der Waals surface area contributed by atoms with Gasteiger partial charge in [-0.1, -0.05) is 91.0 Å². The minimum absolute atomic E-state index is 0.0168. The van der Waals surface area contributed by atoms with Gasteiger partial charge in [0, 0.05) is 34.7 Å². The predicted molar refractivity (Wildman–Crippen MR) is 208 cm³/mol. The van der Waals surface area contributed by atoms with Crippen LogP contribution in [0.3, 0.4) is 0 Å². The highest BCUT2D eigenvalue weighted by Gasteiger charge is 2.13. The van der Waals surface area contributed by atoms with Crippen LogP contribution in [0.2, 0.25) is 0 Å². The van der Waals surface area contributed by atoms with Gasteiger partial charge in [0.1, 0.15) is 0 Å². The average molecular weight is 725 g/mol. The van der Waals surface area contributed by atoms with E-state index < -0.39 is 9.05 Å². The van der Waals surface area contributed by atoms with Gasteiger partial charge in [-0.2, -0.15) is 0 Å². The standard InChI is InChI=1S/C21H21NO2.C12H11N.C8H9ClO4S/c1-23-20-13-8-16(14-21(20)24-2)15-22-19-11-9-18(10-12-19)17-6-4-3-5-7-17;13-12-8-6-11(7-9-12)10-4-2-1-3-5-10;1-12-7-4-3-6(14(9,10)11)5-8(7)13-2/h3-14,22H,15H2,1-2H3;1-9H,13H2;3-5H,1-2H3. The Morgan fingerprint density at radius 3 is 1.43 bits per heavy atom. The summed E-state index contributed by atoms with van der Waals surface area (Å²) < 4.78 is 42.4. The lowest BCUT2D eigenvalue weighted by Gasteiger charge is -2.11. The van der Waals surface area contributed by atoms with Crippen LogP contribution >= 0.6 is 10.7 Å². The van der Waals surface area contributed by atoms with Crippen molar-refractivity contribution in [3.8, 4) is 45.3 Å². The molecule has 3 N–H and O–H groups in total. The largest absolute Gasteiger partial charge is 0.493 e. The molecule has 8 nitrogen and oxygen atoms in total. The Kier molecular flexibility index (Phi) is 14.2. The molecule has 10 heteroatoms.